The van der Waals surface area contributed by atoms with Crippen LogP contribution in [0.5, 0.6) is 0 Å². The van der Waals surface area contributed by atoms with Gasteiger partial charge in [-0.05, 0) is 31.2 Å². The number of nitrogens with zero attached hydrogens (tertiary/aromatic N) is 3. The molecule has 0 N–H and O–H groups in total. The van der Waals surface area contributed by atoms with Crippen molar-refractivity contribution in [3.8, 4) is 0 Å². The van der Waals surface area contributed by atoms with Gasteiger partial charge in [0.2, 0.25) is 5.91 Å². The number of amides is 1. The highest BCUT2D eigenvalue weighted by Gasteiger charge is 2.31. The van der Waals surface area contributed by atoms with Gasteiger partial charge in [0.15, 0.2) is 0 Å². The van der Waals surface area contributed by atoms with E-state index in [1.165, 1.54) is 23.5 Å². The number of anilines is 1. The van der Waals surface area contributed by atoms with Gasteiger partial charge in [-0.3, -0.25) is 4.79 Å². The molecule has 2 aromatic rings. The molecule has 26 heavy (non-hydrogen) atoms. The summed E-state index contributed by atoms with van der Waals surface area (Å²) in [6.07, 6.45) is -1.17. The molecule has 2 heterocycles. The van der Waals surface area contributed by atoms with Gasteiger partial charge in [-0.25, -0.2) is 4.98 Å². The number of hydrogen-bond acceptors (Lipinski definition) is 4. The van der Waals surface area contributed by atoms with E-state index in [1.54, 1.807) is 17.0 Å². The first-order valence-electron chi connectivity index (χ1n) is 8.14. The van der Waals surface area contributed by atoms with Crippen molar-refractivity contribution in [2.24, 2.45) is 0 Å². The molecule has 0 atom stereocenters. The quantitative estimate of drug-likeness (QED) is 0.758. The lowest BCUT2D eigenvalue weighted by Gasteiger charge is -2.35. The molecule has 1 fully saturated rings. The van der Waals surface area contributed by atoms with Crippen molar-refractivity contribution < 1.29 is 18.0 Å². The van der Waals surface area contributed by atoms with Gasteiger partial charge in [-0.15, -0.1) is 11.3 Å². The van der Waals surface area contributed by atoms with Crippen LogP contribution in [0.25, 0.3) is 6.08 Å². The summed E-state index contributed by atoms with van der Waals surface area (Å²) in [6.45, 7) is 3.83. The zero-order valence-corrected chi connectivity index (χ0v) is 15.0. The van der Waals surface area contributed by atoms with Crippen molar-refractivity contribution in [3.05, 3.63) is 52.0 Å². The normalized spacial score (nSPS) is 15.7. The van der Waals surface area contributed by atoms with Crippen molar-refractivity contribution >= 4 is 29.0 Å². The van der Waals surface area contributed by atoms with Crippen LogP contribution < -0.4 is 4.90 Å². The lowest BCUT2D eigenvalue weighted by Crippen LogP contribution is -2.48. The Morgan fingerprint density at radius 3 is 2.58 bits per heavy atom. The fraction of sp³-hybridized carbons (Fsp3) is 0.333. The Morgan fingerprint density at radius 2 is 1.96 bits per heavy atom. The second-order valence-electron chi connectivity index (χ2n) is 5.99. The fourth-order valence-electron chi connectivity index (χ4n) is 2.78. The number of carbonyl (C=O) groups is 1. The van der Waals surface area contributed by atoms with Crippen molar-refractivity contribution in [2.75, 3.05) is 31.1 Å². The Labute approximate surface area is 153 Å². The second kappa shape index (κ2) is 7.49. The smallest absolute Gasteiger partial charge is 0.368 e. The molecule has 138 valence electrons. The van der Waals surface area contributed by atoms with E-state index in [1.807, 2.05) is 17.2 Å². The average molecular weight is 381 g/mol. The molecule has 0 unspecified atom stereocenters. The van der Waals surface area contributed by atoms with Crippen LogP contribution in [-0.2, 0) is 11.0 Å². The number of piperazine rings is 1. The molecule has 0 aliphatic carbocycles. The van der Waals surface area contributed by atoms with Crippen molar-refractivity contribution in [1.82, 2.24) is 9.88 Å². The largest absolute Gasteiger partial charge is 0.416 e. The van der Waals surface area contributed by atoms with Crippen LogP contribution >= 0.6 is 11.3 Å². The van der Waals surface area contributed by atoms with Crippen LogP contribution in [0.1, 0.15) is 16.3 Å². The second-order valence-corrected chi connectivity index (χ2v) is 7.05. The highest BCUT2D eigenvalue weighted by molar-refractivity contribution is 7.09. The number of aromatic nitrogens is 1. The molecule has 1 aliphatic rings. The molecular formula is C18H18F3N3OS. The first kappa shape index (κ1) is 18.4. The molecule has 0 spiro atoms. The summed E-state index contributed by atoms with van der Waals surface area (Å²) in [6, 6.07) is 5.29. The van der Waals surface area contributed by atoms with E-state index in [4.69, 9.17) is 0 Å². The molecule has 0 saturated carbocycles. The first-order valence-corrected chi connectivity index (χ1v) is 9.02. The predicted molar refractivity (Wildman–Crippen MR) is 96.1 cm³/mol. The summed E-state index contributed by atoms with van der Waals surface area (Å²) < 4.78 is 38.5. The maximum atomic E-state index is 12.8. The lowest BCUT2D eigenvalue weighted by atomic mass is 10.1. The Bertz CT molecular complexity index is 808. The van der Waals surface area contributed by atoms with Crippen molar-refractivity contribution in [1.29, 1.82) is 0 Å². The third-order valence-electron chi connectivity index (χ3n) is 4.16. The molecule has 1 aromatic heterocycles. The van der Waals surface area contributed by atoms with E-state index >= 15 is 0 Å². The van der Waals surface area contributed by atoms with E-state index in [9.17, 15) is 18.0 Å². The number of benzene rings is 1. The first-order chi connectivity index (χ1) is 12.3. The van der Waals surface area contributed by atoms with Crippen LogP contribution in [0.3, 0.4) is 0 Å². The molecule has 0 bridgehead atoms. The topological polar surface area (TPSA) is 36.4 Å². The van der Waals surface area contributed by atoms with Gasteiger partial charge in [0, 0.05) is 43.3 Å². The summed E-state index contributed by atoms with van der Waals surface area (Å²) in [5, 5.41) is 2.82. The van der Waals surface area contributed by atoms with Gasteiger partial charge < -0.3 is 9.80 Å². The van der Waals surface area contributed by atoms with Gasteiger partial charge >= 0.3 is 6.18 Å². The van der Waals surface area contributed by atoms with Gasteiger partial charge in [-0.2, -0.15) is 13.2 Å². The molecular weight excluding hydrogens is 363 g/mol. The van der Waals surface area contributed by atoms with Crippen LogP contribution in [-0.4, -0.2) is 42.0 Å². The Balaban J connectivity index is 1.59. The number of aryl methyl sites for hydroxylation is 1. The molecule has 0 radical (unpaired) electrons. The number of rotatable bonds is 3. The minimum Gasteiger partial charge on any atom is -0.368 e. The zero-order chi connectivity index (χ0) is 18.7. The van der Waals surface area contributed by atoms with Gasteiger partial charge in [0.25, 0.3) is 0 Å². The maximum Gasteiger partial charge on any atom is 0.416 e. The summed E-state index contributed by atoms with van der Waals surface area (Å²) in [4.78, 5) is 20.1. The summed E-state index contributed by atoms with van der Waals surface area (Å²) >= 11 is 1.52. The van der Waals surface area contributed by atoms with E-state index in [2.05, 4.69) is 4.98 Å². The minimum absolute atomic E-state index is 0.112. The number of hydrogen-bond donors (Lipinski definition) is 0. The van der Waals surface area contributed by atoms with Gasteiger partial charge in [0.05, 0.1) is 16.3 Å². The molecule has 1 aromatic carbocycles. The van der Waals surface area contributed by atoms with Crippen LogP contribution in [0.15, 0.2) is 35.7 Å². The van der Waals surface area contributed by atoms with E-state index in [0.29, 0.717) is 31.9 Å². The third-order valence-corrected chi connectivity index (χ3v) is 4.96. The van der Waals surface area contributed by atoms with Gasteiger partial charge in [-0.1, -0.05) is 6.07 Å². The number of alkyl halides is 3. The standard InChI is InChI=1S/C18H18F3N3OS/c1-13-22-15(12-26-13)5-6-17(25)24-9-7-23(8-10-24)16-4-2-3-14(11-16)18(19,20)21/h2-6,11-12H,7-10H2,1H3/b6-5-. The fourth-order valence-corrected chi connectivity index (χ4v) is 3.36. The Hall–Kier alpha value is -2.35. The summed E-state index contributed by atoms with van der Waals surface area (Å²) in [5.41, 5.74) is 0.624. The molecule has 3 rings (SSSR count). The minimum atomic E-state index is -4.35. The lowest BCUT2D eigenvalue weighted by molar-refractivity contribution is -0.137. The van der Waals surface area contributed by atoms with E-state index in [-0.39, 0.29) is 5.91 Å². The summed E-state index contributed by atoms with van der Waals surface area (Å²) in [5.74, 6) is -0.112. The van der Waals surface area contributed by atoms with Crippen LogP contribution in [0.2, 0.25) is 0 Å². The zero-order valence-electron chi connectivity index (χ0n) is 14.2. The van der Waals surface area contributed by atoms with E-state index < -0.39 is 11.7 Å². The molecule has 8 heteroatoms. The number of carbonyl (C=O) groups excluding carboxylic acids is 1. The van der Waals surface area contributed by atoms with Gasteiger partial charge in [0.1, 0.15) is 0 Å². The SMILES string of the molecule is Cc1nc(/C=C\C(=O)N2CCN(c3cccc(C(F)(F)F)c3)CC2)cs1. The summed E-state index contributed by atoms with van der Waals surface area (Å²) in [7, 11) is 0. The molecule has 1 saturated heterocycles. The number of thiazole rings is 1. The Morgan fingerprint density at radius 1 is 1.23 bits per heavy atom. The van der Waals surface area contributed by atoms with Crippen LogP contribution in [0.4, 0.5) is 18.9 Å². The molecule has 1 aliphatic heterocycles. The molecule has 4 nitrogen and oxygen atoms in total. The molecule has 1 amide bonds. The highest BCUT2D eigenvalue weighted by Crippen LogP contribution is 2.31. The number of halogens is 3. The predicted octanol–water partition coefficient (Wildman–Crippen LogP) is 3.83. The maximum absolute atomic E-state index is 12.8. The van der Waals surface area contributed by atoms with E-state index in [0.717, 1.165) is 22.8 Å². The monoisotopic (exact) mass is 381 g/mol. The third kappa shape index (κ3) is 4.43. The Kier molecular flexibility index (Phi) is 5.31. The van der Waals surface area contributed by atoms with Crippen LogP contribution in [0, 0.1) is 6.92 Å². The van der Waals surface area contributed by atoms with Crippen molar-refractivity contribution in [2.45, 2.75) is 13.1 Å². The van der Waals surface area contributed by atoms with Crippen molar-refractivity contribution in [3.63, 3.8) is 0 Å². The highest BCUT2D eigenvalue weighted by atomic mass is 32.1. The average Bonchev–Trinajstić information content (AvgIpc) is 3.04.